The molecule has 1 unspecified atom stereocenters. The summed E-state index contributed by atoms with van der Waals surface area (Å²) >= 11 is 0. The molecule has 0 radical (unpaired) electrons. The summed E-state index contributed by atoms with van der Waals surface area (Å²) in [6, 6.07) is 9.52. The summed E-state index contributed by atoms with van der Waals surface area (Å²) in [5.41, 5.74) is 1.34. The zero-order valence-electron chi connectivity index (χ0n) is 12.0. The Hall–Kier alpha value is -1.49. The SMILES string of the molecule is CC1(c2ccccc2)CC(NC(=O)C2CC(F)(F)CN2)C1. The molecular formula is C16H20F2N2O. The van der Waals surface area contributed by atoms with Gasteiger partial charge in [-0.1, -0.05) is 37.3 Å². The van der Waals surface area contributed by atoms with Gasteiger partial charge in [0, 0.05) is 12.5 Å². The molecule has 1 aliphatic carbocycles. The van der Waals surface area contributed by atoms with Crippen LogP contribution in [0.3, 0.4) is 0 Å². The van der Waals surface area contributed by atoms with Crippen LogP contribution in [0.15, 0.2) is 30.3 Å². The second kappa shape index (κ2) is 5.05. The second-order valence-electron chi connectivity index (χ2n) is 6.53. The van der Waals surface area contributed by atoms with Crippen LogP contribution in [-0.4, -0.2) is 30.5 Å². The molecule has 2 aliphatic rings. The van der Waals surface area contributed by atoms with Crippen LogP contribution in [0.1, 0.15) is 31.7 Å². The highest BCUT2D eigenvalue weighted by Crippen LogP contribution is 2.43. The fourth-order valence-corrected chi connectivity index (χ4v) is 3.41. The predicted octanol–water partition coefficient (Wildman–Crippen LogP) is 2.22. The first kappa shape index (κ1) is 14.4. The van der Waals surface area contributed by atoms with E-state index in [1.54, 1.807) is 0 Å². The van der Waals surface area contributed by atoms with Gasteiger partial charge in [0.15, 0.2) is 0 Å². The number of carbonyl (C=O) groups excluding carboxylic acids is 1. The van der Waals surface area contributed by atoms with Crippen molar-refractivity contribution in [1.82, 2.24) is 10.6 Å². The van der Waals surface area contributed by atoms with Crippen LogP contribution >= 0.6 is 0 Å². The molecule has 2 fully saturated rings. The van der Waals surface area contributed by atoms with Crippen LogP contribution in [0.4, 0.5) is 8.78 Å². The maximum Gasteiger partial charge on any atom is 0.262 e. The number of rotatable bonds is 3. The van der Waals surface area contributed by atoms with E-state index >= 15 is 0 Å². The smallest absolute Gasteiger partial charge is 0.262 e. The van der Waals surface area contributed by atoms with E-state index in [9.17, 15) is 13.6 Å². The molecule has 3 rings (SSSR count). The molecule has 1 heterocycles. The van der Waals surface area contributed by atoms with Gasteiger partial charge < -0.3 is 5.32 Å². The van der Waals surface area contributed by atoms with Crippen molar-refractivity contribution in [3.8, 4) is 0 Å². The summed E-state index contributed by atoms with van der Waals surface area (Å²) in [4.78, 5) is 12.0. The maximum atomic E-state index is 13.1. The highest BCUT2D eigenvalue weighted by molar-refractivity contribution is 5.82. The van der Waals surface area contributed by atoms with Crippen molar-refractivity contribution >= 4 is 5.91 Å². The molecule has 1 aromatic rings. The third-order valence-electron chi connectivity index (χ3n) is 4.64. The Morgan fingerprint density at radius 3 is 2.48 bits per heavy atom. The molecule has 114 valence electrons. The van der Waals surface area contributed by atoms with Crippen LogP contribution in [0.25, 0.3) is 0 Å². The lowest BCUT2D eigenvalue weighted by molar-refractivity contribution is -0.125. The maximum absolute atomic E-state index is 13.1. The van der Waals surface area contributed by atoms with Gasteiger partial charge in [-0.2, -0.15) is 0 Å². The zero-order chi connectivity index (χ0) is 15.1. The molecule has 0 bridgehead atoms. The number of hydrogen-bond acceptors (Lipinski definition) is 2. The van der Waals surface area contributed by atoms with Crippen molar-refractivity contribution in [2.24, 2.45) is 0 Å². The lowest BCUT2D eigenvalue weighted by Crippen LogP contribution is -2.54. The lowest BCUT2D eigenvalue weighted by Gasteiger charge is -2.46. The van der Waals surface area contributed by atoms with E-state index in [1.165, 1.54) is 5.56 Å². The van der Waals surface area contributed by atoms with Gasteiger partial charge in [-0.25, -0.2) is 8.78 Å². The Bertz CT molecular complexity index is 526. The van der Waals surface area contributed by atoms with Crippen LogP contribution in [0, 0.1) is 0 Å². The van der Waals surface area contributed by atoms with Crippen molar-refractivity contribution in [2.75, 3.05) is 6.54 Å². The third kappa shape index (κ3) is 2.93. The first-order valence-electron chi connectivity index (χ1n) is 7.35. The Kier molecular flexibility index (Phi) is 3.48. The fraction of sp³-hybridized carbons (Fsp3) is 0.562. The first-order chi connectivity index (χ1) is 9.88. The van der Waals surface area contributed by atoms with Crippen molar-refractivity contribution in [3.05, 3.63) is 35.9 Å². The van der Waals surface area contributed by atoms with E-state index in [1.807, 2.05) is 18.2 Å². The summed E-state index contributed by atoms with van der Waals surface area (Å²) in [5, 5.41) is 5.48. The minimum absolute atomic E-state index is 0.0756. The van der Waals surface area contributed by atoms with E-state index in [2.05, 4.69) is 29.7 Å². The van der Waals surface area contributed by atoms with Gasteiger partial charge in [0.2, 0.25) is 5.91 Å². The zero-order valence-corrected chi connectivity index (χ0v) is 12.0. The van der Waals surface area contributed by atoms with Gasteiger partial charge in [-0.3, -0.25) is 10.1 Å². The van der Waals surface area contributed by atoms with Crippen molar-refractivity contribution in [2.45, 2.75) is 49.6 Å². The van der Waals surface area contributed by atoms with E-state index < -0.39 is 24.9 Å². The highest BCUT2D eigenvalue weighted by atomic mass is 19.3. The molecule has 1 aliphatic heterocycles. The number of carbonyl (C=O) groups is 1. The van der Waals surface area contributed by atoms with Crippen molar-refractivity contribution in [1.29, 1.82) is 0 Å². The van der Waals surface area contributed by atoms with Gasteiger partial charge in [0.1, 0.15) is 0 Å². The van der Waals surface area contributed by atoms with Crippen LogP contribution in [-0.2, 0) is 10.2 Å². The predicted molar refractivity (Wildman–Crippen MR) is 76.3 cm³/mol. The quantitative estimate of drug-likeness (QED) is 0.897. The Balaban J connectivity index is 1.52. The molecule has 1 saturated heterocycles. The topological polar surface area (TPSA) is 41.1 Å². The standard InChI is InChI=1S/C16H20F2N2O/c1-15(11-5-3-2-4-6-11)7-12(8-15)20-14(21)13-9-16(17,18)10-19-13/h2-6,12-13,19H,7-10H2,1H3,(H,20,21). The molecule has 1 amide bonds. The van der Waals surface area contributed by atoms with Crippen molar-refractivity contribution < 1.29 is 13.6 Å². The minimum atomic E-state index is -2.76. The summed E-state index contributed by atoms with van der Waals surface area (Å²) in [7, 11) is 0. The molecule has 1 saturated carbocycles. The van der Waals surface area contributed by atoms with Crippen molar-refractivity contribution in [3.63, 3.8) is 0 Å². The molecule has 0 aromatic heterocycles. The average molecular weight is 294 g/mol. The number of hydrogen-bond donors (Lipinski definition) is 2. The first-order valence-corrected chi connectivity index (χ1v) is 7.35. The number of halogens is 2. The van der Waals surface area contributed by atoms with Crippen LogP contribution in [0.5, 0.6) is 0 Å². The molecule has 5 heteroatoms. The molecular weight excluding hydrogens is 274 g/mol. The Morgan fingerprint density at radius 1 is 1.24 bits per heavy atom. The normalized spacial score (nSPS) is 34.2. The van der Waals surface area contributed by atoms with Gasteiger partial charge in [0.25, 0.3) is 5.92 Å². The van der Waals surface area contributed by atoms with Crippen LogP contribution < -0.4 is 10.6 Å². The molecule has 1 aromatic carbocycles. The average Bonchev–Trinajstić information content (AvgIpc) is 2.78. The second-order valence-corrected chi connectivity index (χ2v) is 6.53. The molecule has 0 spiro atoms. The minimum Gasteiger partial charge on any atom is -0.352 e. The molecule has 21 heavy (non-hydrogen) atoms. The number of amides is 1. The largest absolute Gasteiger partial charge is 0.352 e. The monoisotopic (exact) mass is 294 g/mol. The molecule has 1 atom stereocenters. The number of nitrogens with one attached hydrogen (secondary N) is 2. The number of alkyl halides is 2. The van der Waals surface area contributed by atoms with E-state index in [0.29, 0.717) is 0 Å². The molecule has 3 nitrogen and oxygen atoms in total. The van der Waals surface area contributed by atoms with Crippen LogP contribution in [0.2, 0.25) is 0 Å². The molecule has 2 N–H and O–H groups in total. The van der Waals surface area contributed by atoms with Gasteiger partial charge in [-0.15, -0.1) is 0 Å². The Morgan fingerprint density at radius 2 is 1.90 bits per heavy atom. The summed E-state index contributed by atoms with van der Waals surface area (Å²) in [6.07, 6.45) is 1.30. The Labute approximate surface area is 123 Å². The van der Waals surface area contributed by atoms with E-state index in [0.717, 1.165) is 12.8 Å². The third-order valence-corrected chi connectivity index (χ3v) is 4.64. The number of benzene rings is 1. The summed E-state index contributed by atoms with van der Waals surface area (Å²) < 4.78 is 26.2. The summed E-state index contributed by atoms with van der Waals surface area (Å²) in [6.45, 7) is 1.77. The van der Waals surface area contributed by atoms with Gasteiger partial charge >= 0.3 is 0 Å². The van der Waals surface area contributed by atoms with E-state index in [-0.39, 0.29) is 17.4 Å². The fourth-order valence-electron chi connectivity index (χ4n) is 3.41. The van der Waals surface area contributed by atoms with E-state index in [4.69, 9.17) is 0 Å². The highest BCUT2D eigenvalue weighted by Gasteiger charge is 2.45. The lowest BCUT2D eigenvalue weighted by atomic mass is 9.63. The van der Waals surface area contributed by atoms with Gasteiger partial charge in [-0.05, 0) is 23.8 Å². The van der Waals surface area contributed by atoms with Gasteiger partial charge in [0.05, 0.1) is 12.6 Å². The summed E-state index contributed by atoms with van der Waals surface area (Å²) in [5.74, 6) is -3.06.